The lowest BCUT2D eigenvalue weighted by Gasteiger charge is -2.05. The van der Waals surface area contributed by atoms with Crippen LogP contribution in [0.3, 0.4) is 0 Å². The van der Waals surface area contributed by atoms with Crippen molar-refractivity contribution >= 4 is 44.1 Å². The minimum atomic E-state index is -3.86. The van der Waals surface area contributed by atoms with Gasteiger partial charge in [0.15, 0.2) is 5.13 Å². The number of aromatic nitrogens is 1. The van der Waals surface area contributed by atoms with Gasteiger partial charge in [-0.2, -0.15) is 0 Å². The fourth-order valence-corrected chi connectivity index (χ4v) is 4.99. The fourth-order valence-electron chi connectivity index (χ4n) is 2.49. The first-order chi connectivity index (χ1) is 13.4. The van der Waals surface area contributed by atoms with Crippen molar-refractivity contribution in [3.05, 3.63) is 64.5 Å². The van der Waals surface area contributed by atoms with E-state index in [0.717, 1.165) is 16.9 Å². The highest BCUT2D eigenvalue weighted by Gasteiger charge is 2.21. The smallest absolute Gasteiger partial charge is 0.311 e. The summed E-state index contributed by atoms with van der Waals surface area (Å²) < 4.78 is 32.8. The highest BCUT2D eigenvalue weighted by Crippen LogP contribution is 2.33. The summed E-state index contributed by atoms with van der Waals surface area (Å²) in [6, 6.07) is 15.2. The second-order valence-corrected chi connectivity index (χ2v) is 8.90. The van der Waals surface area contributed by atoms with E-state index in [1.54, 1.807) is 19.1 Å². The lowest BCUT2D eigenvalue weighted by Crippen LogP contribution is -2.12. The number of esters is 1. The van der Waals surface area contributed by atoms with Crippen LogP contribution < -0.4 is 4.72 Å². The Morgan fingerprint density at radius 3 is 2.61 bits per heavy atom. The van der Waals surface area contributed by atoms with Crippen molar-refractivity contribution in [1.29, 1.82) is 0 Å². The highest BCUT2D eigenvalue weighted by molar-refractivity contribution is 7.93. The van der Waals surface area contributed by atoms with Gasteiger partial charge < -0.3 is 4.74 Å². The van der Waals surface area contributed by atoms with Crippen molar-refractivity contribution in [3.63, 3.8) is 0 Å². The third-order valence-electron chi connectivity index (χ3n) is 3.68. The van der Waals surface area contributed by atoms with Crippen LogP contribution in [0.2, 0.25) is 5.02 Å². The van der Waals surface area contributed by atoms with Gasteiger partial charge in [0, 0.05) is 15.5 Å². The summed E-state index contributed by atoms with van der Waals surface area (Å²) in [5.74, 6) is -0.396. The van der Waals surface area contributed by atoms with Crippen LogP contribution in [0, 0.1) is 0 Å². The molecule has 3 aromatic rings. The molecule has 0 aliphatic heterocycles. The van der Waals surface area contributed by atoms with Crippen LogP contribution in [0.15, 0.2) is 59.5 Å². The van der Waals surface area contributed by atoms with Crippen LogP contribution in [0.1, 0.15) is 11.8 Å². The molecule has 3 rings (SSSR count). The topological polar surface area (TPSA) is 85.4 Å². The van der Waals surface area contributed by atoms with Gasteiger partial charge in [-0.1, -0.05) is 59.3 Å². The van der Waals surface area contributed by atoms with Crippen molar-refractivity contribution in [1.82, 2.24) is 4.98 Å². The molecule has 0 saturated heterocycles. The maximum atomic E-state index is 12.6. The maximum absolute atomic E-state index is 12.6. The normalized spacial score (nSPS) is 11.2. The number of ether oxygens (including phenoxy) is 1. The Labute approximate surface area is 172 Å². The number of carbonyl (C=O) groups is 1. The molecule has 0 saturated carbocycles. The fraction of sp³-hybridized carbons (Fsp3) is 0.158. The summed E-state index contributed by atoms with van der Waals surface area (Å²) in [4.78, 5) is 17.0. The zero-order chi connectivity index (χ0) is 20.1. The molecule has 146 valence electrons. The largest absolute Gasteiger partial charge is 0.466 e. The molecule has 1 heterocycles. The van der Waals surface area contributed by atoms with E-state index in [1.165, 1.54) is 12.1 Å². The van der Waals surface area contributed by atoms with Gasteiger partial charge in [0.2, 0.25) is 0 Å². The van der Waals surface area contributed by atoms with Crippen molar-refractivity contribution in [2.75, 3.05) is 11.3 Å². The zero-order valence-electron chi connectivity index (χ0n) is 14.9. The molecule has 9 heteroatoms. The SMILES string of the molecule is CCOC(=O)Cc1sc(NS(=O)(=O)c2cccc(Cl)c2)nc1-c1ccccc1. The van der Waals surface area contributed by atoms with Crippen LogP contribution in [-0.2, 0) is 26.0 Å². The molecule has 6 nitrogen and oxygen atoms in total. The molecule has 0 amide bonds. The third kappa shape index (κ3) is 4.89. The molecule has 0 spiro atoms. The second kappa shape index (κ2) is 8.72. The van der Waals surface area contributed by atoms with Crippen molar-refractivity contribution < 1.29 is 17.9 Å². The van der Waals surface area contributed by atoms with Gasteiger partial charge in [-0.05, 0) is 25.1 Å². The molecule has 1 N–H and O–H groups in total. The zero-order valence-corrected chi connectivity index (χ0v) is 17.3. The van der Waals surface area contributed by atoms with Crippen molar-refractivity contribution in [2.45, 2.75) is 18.2 Å². The molecule has 0 fully saturated rings. The number of thiazole rings is 1. The molecule has 1 aromatic heterocycles. The van der Waals surface area contributed by atoms with Gasteiger partial charge in [-0.25, -0.2) is 13.4 Å². The lowest BCUT2D eigenvalue weighted by molar-refractivity contribution is -0.142. The van der Waals surface area contributed by atoms with Crippen LogP contribution in [-0.4, -0.2) is 26.0 Å². The monoisotopic (exact) mass is 436 g/mol. The number of nitrogens with one attached hydrogen (secondary N) is 1. The Hall–Kier alpha value is -2.42. The first-order valence-electron chi connectivity index (χ1n) is 8.38. The van der Waals surface area contributed by atoms with Crippen molar-refractivity contribution in [3.8, 4) is 11.3 Å². The van der Waals surface area contributed by atoms with E-state index < -0.39 is 16.0 Å². The number of hydrogen-bond donors (Lipinski definition) is 1. The summed E-state index contributed by atoms with van der Waals surface area (Å²) in [6.45, 7) is 2.00. The van der Waals surface area contributed by atoms with Crippen LogP contribution in [0.5, 0.6) is 0 Å². The molecule has 28 heavy (non-hydrogen) atoms. The molecule has 0 bridgehead atoms. The molecule has 0 atom stereocenters. The number of hydrogen-bond acceptors (Lipinski definition) is 6. The predicted octanol–water partition coefficient (Wildman–Crippen LogP) is 4.37. The van der Waals surface area contributed by atoms with E-state index in [0.29, 0.717) is 15.6 Å². The summed E-state index contributed by atoms with van der Waals surface area (Å²) in [6.07, 6.45) is 0.00856. The van der Waals surface area contributed by atoms with E-state index in [1.807, 2.05) is 30.3 Å². The first-order valence-corrected chi connectivity index (χ1v) is 11.1. The summed E-state index contributed by atoms with van der Waals surface area (Å²) >= 11 is 6.99. The second-order valence-electron chi connectivity index (χ2n) is 5.70. The van der Waals surface area contributed by atoms with Gasteiger partial charge in [0.1, 0.15) is 0 Å². The average molecular weight is 437 g/mol. The number of rotatable bonds is 7. The van der Waals surface area contributed by atoms with Gasteiger partial charge in [0.05, 0.1) is 23.6 Å². The lowest BCUT2D eigenvalue weighted by atomic mass is 10.1. The number of nitrogens with zero attached hydrogens (tertiary/aromatic N) is 1. The minimum Gasteiger partial charge on any atom is -0.466 e. The molecule has 0 unspecified atom stereocenters. The van der Waals surface area contributed by atoms with Gasteiger partial charge in [0.25, 0.3) is 10.0 Å². The number of halogens is 1. The van der Waals surface area contributed by atoms with E-state index in [9.17, 15) is 13.2 Å². The Bertz CT molecular complexity index is 1080. The number of anilines is 1. The van der Waals surface area contributed by atoms with Crippen LogP contribution in [0.25, 0.3) is 11.3 Å². The molecule has 0 radical (unpaired) electrons. The standard InChI is InChI=1S/C19H17ClN2O4S2/c1-2-26-17(23)12-16-18(13-7-4-3-5-8-13)21-19(27-16)22-28(24,25)15-10-6-9-14(20)11-15/h3-11H,2,12H2,1H3,(H,21,22). The maximum Gasteiger partial charge on any atom is 0.311 e. The van der Waals surface area contributed by atoms with Crippen LogP contribution in [0.4, 0.5) is 5.13 Å². The summed E-state index contributed by atoms with van der Waals surface area (Å²) in [5, 5.41) is 0.480. The Balaban J connectivity index is 1.95. The van der Waals surface area contributed by atoms with Gasteiger partial charge in [-0.3, -0.25) is 9.52 Å². The highest BCUT2D eigenvalue weighted by atomic mass is 35.5. The summed E-state index contributed by atoms with van der Waals surface area (Å²) in [5.41, 5.74) is 1.33. The minimum absolute atomic E-state index is 0.00856. The molecular weight excluding hydrogens is 420 g/mol. The van der Waals surface area contributed by atoms with E-state index in [4.69, 9.17) is 16.3 Å². The average Bonchev–Trinajstić information content (AvgIpc) is 3.04. The molecule has 0 aliphatic rings. The van der Waals surface area contributed by atoms with Gasteiger partial charge >= 0.3 is 5.97 Å². The molecule has 0 aliphatic carbocycles. The summed E-state index contributed by atoms with van der Waals surface area (Å²) in [7, 11) is -3.86. The quantitative estimate of drug-likeness (QED) is 0.556. The first kappa shape index (κ1) is 20.3. The van der Waals surface area contributed by atoms with E-state index in [2.05, 4.69) is 9.71 Å². The third-order valence-corrected chi connectivity index (χ3v) is 6.35. The number of benzene rings is 2. The van der Waals surface area contributed by atoms with E-state index >= 15 is 0 Å². The van der Waals surface area contributed by atoms with E-state index in [-0.39, 0.29) is 23.1 Å². The van der Waals surface area contributed by atoms with Crippen LogP contribution >= 0.6 is 22.9 Å². The Morgan fingerprint density at radius 1 is 1.18 bits per heavy atom. The molecular formula is C19H17ClN2O4S2. The molecule has 2 aromatic carbocycles. The Kier molecular flexibility index (Phi) is 6.33. The predicted molar refractivity (Wildman–Crippen MR) is 110 cm³/mol. The van der Waals surface area contributed by atoms with Crippen molar-refractivity contribution in [2.24, 2.45) is 0 Å². The number of carbonyl (C=O) groups excluding carboxylic acids is 1. The van der Waals surface area contributed by atoms with Gasteiger partial charge in [-0.15, -0.1) is 0 Å². The number of sulfonamides is 1. The Morgan fingerprint density at radius 2 is 1.93 bits per heavy atom.